The number of carbonyl (C=O) groups is 1. The normalized spacial score (nSPS) is 24.8. The first-order valence-corrected chi connectivity index (χ1v) is 7.08. The first-order valence-electron chi connectivity index (χ1n) is 7.08. The molecular weight excluding hydrogens is 222 g/mol. The molecule has 1 fully saturated rings. The summed E-state index contributed by atoms with van der Waals surface area (Å²) in [6.45, 7) is 2.12. The molecule has 0 saturated heterocycles. The fourth-order valence-electron chi connectivity index (χ4n) is 3.42. The van der Waals surface area contributed by atoms with E-state index in [1.165, 1.54) is 24.0 Å². The standard InChI is InChI=1S/C16H21NO/c1-16(10-4-5-11-16)15(18)17-14-9-8-12-6-2-3-7-13(12)14/h2-3,6-7,14H,4-5,8-11H2,1H3,(H,17,18). The molecule has 2 nitrogen and oxygen atoms in total. The van der Waals surface area contributed by atoms with Gasteiger partial charge in [0.05, 0.1) is 6.04 Å². The van der Waals surface area contributed by atoms with E-state index in [1.807, 2.05) is 0 Å². The molecule has 2 aliphatic carbocycles. The molecule has 1 aromatic rings. The fourth-order valence-corrected chi connectivity index (χ4v) is 3.42. The maximum atomic E-state index is 12.4. The Hall–Kier alpha value is -1.31. The average molecular weight is 243 g/mol. The molecule has 18 heavy (non-hydrogen) atoms. The Balaban J connectivity index is 1.73. The van der Waals surface area contributed by atoms with Crippen molar-refractivity contribution >= 4 is 5.91 Å². The summed E-state index contributed by atoms with van der Waals surface area (Å²) in [7, 11) is 0. The zero-order valence-electron chi connectivity index (χ0n) is 11.0. The topological polar surface area (TPSA) is 29.1 Å². The van der Waals surface area contributed by atoms with Crippen LogP contribution in [0.2, 0.25) is 0 Å². The molecule has 1 saturated carbocycles. The summed E-state index contributed by atoms with van der Waals surface area (Å²) in [5.41, 5.74) is 2.61. The number of amides is 1. The SMILES string of the molecule is CC1(C(=O)NC2CCc3ccccc32)CCCC1. The van der Waals surface area contributed by atoms with Crippen molar-refractivity contribution in [2.24, 2.45) is 5.41 Å². The Bertz CT molecular complexity index is 460. The number of hydrogen-bond donors (Lipinski definition) is 1. The molecule has 1 atom stereocenters. The number of carbonyl (C=O) groups excluding carboxylic acids is 1. The fraction of sp³-hybridized carbons (Fsp3) is 0.562. The summed E-state index contributed by atoms with van der Waals surface area (Å²) < 4.78 is 0. The molecule has 0 spiro atoms. The van der Waals surface area contributed by atoms with E-state index < -0.39 is 0 Å². The molecule has 0 aromatic heterocycles. The van der Waals surface area contributed by atoms with Crippen LogP contribution in [-0.4, -0.2) is 5.91 Å². The third-order valence-electron chi connectivity index (χ3n) is 4.69. The second-order valence-corrected chi connectivity index (χ2v) is 6.03. The lowest BCUT2D eigenvalue weighted by molar-refractivity contribution is -0.130. The van der Waals surface area contributed by atoms with Crippen molar-refractivity contribution in [2.75, 3.05) is 0 Å². The van der Waals surface area contributed by atoms with Gasteiger partial charge in [-0.2, -0.15) is 0 Å². The second-order valence-electron chi connectivity index (χ2n) is 6.03. The maximum Gasteiger partial charge on any atom is 0.226 e. The van der Waals surface area contributed by atoms with Gasteiger partial charge in [0, 0.05) is 5.41 Å². The molecule has 1 aromatic carbocycles. The van der Waals surface area contributed by atoms with Crippen LogP contribution in [0, 0.1) is 5.41 Å². The Morgan fingerprint density at radius 2 is 2.00 bits per heavy atom. The summed E-state index contributed by atoms with van der Waals surface area (Å²) in [6, 6.07) is 8.73. The lowest BCUT2D eigenvalue weighted by Gasteiger charge is -2.25. The van der Waals surface area contributed by atoms with Gasteiger partial charge in [0.25, 0.3) is 0 Å². The number of nitrogens with one attached hydrogen (secondary N) is 1. The number of rotatable bonds is 2. The van der Waals surface area contributed by atoms with E-state index in [-0.39, 0.29) is 17.4 Å². The van der Waals surface area contributed by atoms with Gasteiger partial charge in [-0.25, -0.2) is 0 Å². The van der Waals surface area contributed by atoms with Gasteiger partial charge in [0.15, 0.2) is 0 Å². The van der Waals surface area contributed by atoms with Crippen LogP contribution in [0.25, 0.3) is 0 Å². The monoisotopic (exact) mass is 243 g/mol. The highest BCUT2D eigenvalue weighted by atomic mass is 16.2. The predicted octanol–water partition coefficient (Wildman–Crippen LogP) is 3.37. The molecule has 3 rings (SSSR count). The molecule has 0 bridgehead atoms. The lowest BCUT2D eigenvalue weighted by atomic mass is 9.87. The Labute approximate surface area is 109 Å². The van der Waals surface area contributed by atoms with Crippen molar-refractivity contribution < 1.29 is 4.79 Å². The summed E-state index contributed by atoms with van der Waals surface area (Å²) >= 11 is 0. The smallest absolute Gasteiger partial charge is 0.226 e. The second kappa shape index (κ2) is 4.42. The van der Waals surface area contributed by atoms with Gasteiger partial charge in [0.1, 0.15) is 0 Å². The summed E-state index contributed by atoms with van der Waals surface area (Å²) in [4.78, 5) is 12.4. The molecule has 0 heterocycles. The molecule has 96 valence electrons. The maximum absolute atomic E-state index is 12.4. The highest BCUT2D eigenvalue weighted by molar-refractivity contribution is 5.83. The van der Waals surface area contributed by atoms with Crippen LogP contribution in [0.4, 0.5) is 0 Å². The van der Waals surface area contributed by atoms with E-state index >= 15 is 0 Å². The van der Waals surface area contributed by atoms with Gasteiger partial charge in [-0.3, -0.25) is 4.79 Å². The predicted molar refractivity (Wildman–Crippen MR) is 72.2 cm³/mol. The highest BCUT2D eigenvalue weighted by Crippen LogP contribution is 2.39. The summed E-state index contributed by atoms with van der Waals surface area (Å²) in [5, 5.41) is 3.28. The molecule has 1 unspecified atom stereocenters. The van der Waals surface area contributed by atoms with Gasteiger partial charge in [-0.05, 0) is 36.8 Å². The van der Waals surface area contributed by atoms with Crippen molar-refractivity contribution in [1.29, 1.82) is 0 Å². The summed E-state index contributed by atoms with van der Waals surface area (Å²) in [6.07, 6.45) is 6.65. The Morgan fingerprint density at radius 1 is 1.28 bits per heavy atom. The number of hydrogen-bond acceptors (Lipinski definition) is 1. The third-order valence-corrected chi connectivity index (χ3v) is 4.69. The molecule has 1 N–H and O–H groups in total. The van der Waals surface area contributed by atoms with Crippen LogP contribution >= 0.6 is 0 Å². The van der Waals surface area contributed by atoms with Crippen LogP contribution in [0.15, 0.2) is 24.3 Å². The molecular formula is C16H21NO. The average Bonchev–Trinajstić information content (AvgIpc) is 2.98. The molecule has 2 aliphatic rings. The van der Waals surface area contributed by atoms with E-state index in [4.69, 9.17) is 0 Å². The van der Waals surface area contributed by atoms with Crippen LogP contribution in [-0.2, 0) is 11.2 Å². The number of fused-ring (bicyclic) bond motifs is 1. The lowest BCUT2D eigenvalue weighted by Crippen LogP contribution is -2.38. The summed E-state index contributed by atoms with van der Waals surface area (Å²) in [5.74, 6) is 0.265. The Morgan fingerprint density at radius 3 is 2.78 bits per heavy atom. The minimum atomic E-state index is -0.114. The highest BCUT2D eigenvalue weighted by Gasteiger charge is 2.37. The van der Waals surface area contributed by atoms with Crippen LogP contribution < -0.4 is 5.32 Å². The minimum absolute atomic E-state index is 0.114. The molecule has 2 heteroatoms. The largest absolute Gasteiger partial charge is 0.349 e. The van der Waals surface area contributed by atoms with Crippen molar-refractivity contribution in [3.8, 4) is 0 Å². The van der Waals surface area contributed by atoms with E-state index in [0.29, 0.717) is 0 Å². The van der Waals surface area contributed by atoms with E-state index in [9.17, 15) is 4.79 Å². The number of aryl methyl sites for hydroxylation is 1. The van der Waals surface area contributed by atoms with Crippen molar-refractivity contribution in [3.63, 3.8) is 0 Å². The van der Waals surface area contributed by atoms with Gasteiger partial charge in [-0.1, -0.05) is 44.0 Å². The van der Waals surface area contributed by atoms with Gasteiger partial charge >= 0.3 is 0 Å². The molecule has 1 amide bonds. The van der Waals surface area contributed by atoms with Crippen molar-refractivity contribution in [1.82, 2.24) is 5.32 Å². The quantitative estimate of drug-likeness (QED) is 0.847. The van der Waals surface area contributed by atoms with Crippen LogP contribution in [0.1, 0.15) is 56.2 Å². The number of benzene rings is 1. The van der Waals surface area contributed by atoms with E-state index in [1.54, 1.807) is 0 Å². The zero-order chi connectivity index (χ0) is 12.6. The van der Waals surface area contributed by atoms with Crippen molar-refractivity contribution in [2.45, 2.75) is 51.5 Å². The minimum Gasteiger partial charge on any atom is -0.349 e. The van der Waals surface area contributed by atoms with Crippen LogP contribution in [0.3, 0.4) is 0 Å². The molecule has 0 aliphatic heterocycles. The van der Waals surface area contributed by atoms with Gasteiger partial charge in [0.2, 0.25) is 5.91 Å². The zero-order valence-corrected chi connectivity index (χ0v) is 11.0. The van der Waals surface area contributed by atoms with Crippen molar-refractivity contribution in [3.05, 3.63) is 35.4 Å². The van der Waals surface area contributed by atoms with Gasteiger partial charge in [-0.15, -0.1) is 0 Å². The first kappa shape index (κ1) is 11.8. The van der Waals surface area contributed by atoms with Crippen LogP contribution in [0.5, 0.6) is 0 Å². The Kier molecular flexibility index (Phi) is 2.89. The third kappa shape index (κ3) is 1.94. The molecule has 0 radical (unpaired) electrons. The van der Waals surface area contributed by atoms with E-state index in [2.05, 4.69) is 36.5 Å². The first-order chi connectivity index (χ1) is 8.69. The van der Waals surface area contributed by atoms with Gasteiger partial charge < -0.3 is 5.32 Å². The van der Waals surface area contributed by atoms with E-state index in [0.717, 1.165) is 25.7 Å².